The fourth-order valence-corrected chi connectivity index (χ4v) is 2.25. The molecule has 5 heteroatoms. The van der Waals surface area contributed by atoms with Crippen LogP contribution in [-0.4, -0.2) is 36.4 Å². The molecule has 0 aromatic carbocycles. The number of hydrogen-bond donors (Lipinski definition) is 2. The van der Waals surface area contributed by atoms with Gasteiger partial charge in [-0.3, -0.25) is 9.59 Å². The highest BCUT2D eigenvalue weighted by molar-refractivity contribution is 7.99. The van der Waals surface area contributed by atoms with E-state index in [1.54, 1.807) is 18.7 Å². The molecule has 0 fully saturated rings. The molecule has 0 saturated carbocycles. The van der Waals surface area contributed by atoms with Gasteiger partial charge >= 0.3 is 0 Å². The molecule has 0 saturated heterocycles. The van der Waals surface area contributed by atoms with Crippen molar-refractivity contribution in [1.29, 1.82) is 0 Å². The normalized spacial score (nSPS) is 11.1. The first-order valence-electron chi connectivity index (χ1n) is 6.46. The van der Waals surface area contributed by atoms with E-state index in [9.17, 15) is 9.59 Å². The van der Waals surface area contributed by atoms with E-state index in [4.69, 9.17) is 0 Å². The van der Waals surface area contributed by atoms with Crippen LogP contribution in [0.2, 0.25) is 0 Å². The Kier molecular flexibility index (Phi) is 8.89. The van der Waals surface area contributed by atoms with Crippen LogP contribution in [-0.2, 0) is 9.59 Å². The second-order valence-corrected chi connectivity index (χ2v) is 6.52. The van der Waals surface area contributed by atoms with Gasteiger partial charge in [-0.15, -0.1) is 0 Å². The van der Waals surface area contributed by atoms with Crippen LogP contribution in [0.4, 0.5) is 0 Å². The third kappa shape index (κ3) is 11.8. The Labute approximate surface area is 115 Å². The van der Waals surface area contributed by atoms with Gasteiger partial charge in [-0.05, 0) is 11.2 Å². The van der Waals surface area contributed by atoms with E-state index >= 15 is 0 Å². The predicted molar refractivity (Wildman–Crippen MR) is 77.7 cm³/mol. The van der Waals surface area contributed by atoms with Crippen molar-refractivity contribution >= 4 is 23.6 Å². The fourth-order valence-electron chi connectivity index (χ4n) is 1.16. The Morgan fingerprint density at radius 3 is 2.11 bits per heavy atom. The Balaban J connectivity index is 3.41. The minimum atomic E-state index is 0.0185. The summed E-state index contributed by atoms with van der Waals surface area (Å²) >= 11 is 1.81. The molecule has 0 aromatic rings. The maximum atomic E-state index is 11.4. The molecule has 4 nitrogen and oxygen atoms in total. The zero-order valence-corrected chi connectivity index (χ0v) is 12.8. The highest BCUT2D eigenvalue weighted by Gasteiger charge is 2.10. The summed E-state index contributed by atoms with van der Waals surface area (Å²) in [5.74, 6) is 1.99. The number of amides is 2. The Morgan fingerprint density at radius 2 is 1.61 bits per heavy atom. The fraction of sp³-hybridized carbons (Fsp3) is 0.846. The maximum absolute atomic E-state index is 11.4. The van der Waals surface area contributed by atoms with Gasteiger partial charge in [0.2, 0.25) is 11.8 Å². The first kappa shape index (κ1) is 17.3. The minimum Gasteiger partial charge on any atom is -0.354 e. The lowest BCUT2D eigenvalue weighted by molar-refractivity contribution is -0.122. The summed E-state index contributed by atoms with van der Waals surface area (Å²) < 4.78 is 0. The van der Waals surface area contributed by atoms with E-state index in [0.717, 1.165) is 11.5 Å². The number of hydrogen-bond acceptors (Lipinski definition) is 3. The summed E-state index contributed by atoms with van der Waals surface area (Å²) in [4.78, 5) is 22.4. The van der Waals surface area contributed by atoms with Gasteiger partial charge in [0.25, 0.3) is 0 Å². The average Bonchev–Trinajstić information content (AvgIpc) is 2.28. The van der Waals surface area contributed by atoms with Crippen molar-refractivity contribution in [2.75, 3.05) is 24.6 Å². The van der Waals surface area contributed by atoms with Crippen molar-refractivity contribution in [2.24, 2.45) is 5.41 Å². The molecule has 2 N–H and O–H groups in total. The molecule has 0 aliphatic heterocycles. The monoisotopic (exact) mass is 274 g/mol. The number of carbonyl (C=O) groups is 2. The molecular weight excluding hydrogens is 248 g/mol. The highest BCUT2D eigenvalue weighted by Crippen LogP contribution is 2.20. The molecule has 0 rings (SSSR count). The molecule has 0 radical (unpaired) electrons. The Bertz CT molecular complexity index is 262. The first-order chi connectivity index (χ1) is 8.35. The van der Waals surface area contributed by atoms with E-state index in [0.29, 0.717) is 31.3 Å². The zero-order chi connectivity index (χ0) is 14.0. The lowest BCUT2D eigenvalue weighted by Gasteiger charge is -2.16. The van der Waals surface area contributed by atoms with Crippen LogP contribution in [0.3, 0.4) is 0 Å². The van der Waals surface area contributed by atoms with Crippen LogP contribution >= 0.6 is 11.8 Å². The molecule has 0 aliphatic carbocycles. The van der Waals surface area contributed by atoms with E-state index in [2.05, 4.69) is 31.4 Å². The Morgan fingerprint density at radius 1 is 1.06 bits per heavy atom. The van der Waals surface area contributed by atoms with Crippen LogP contribution in [0.5, 0.6) is 0 Å². The van der Waals surface area contributed by atoms with Crippen molar-refractivity contribution in [3.63, 3.8) is 0 Å². The van der Waals surface area contributed by atoms with Crippen LogP contribution in [0.1, 0.15) is 40.5 Å². The summed E-state index contributed by atoms with van der Waals surface area (Å²) in [6.07, 6.45) is 1.03. The molecule has 0 aromatic heterocycles. The smallest absolute Gasteiger partial charge is 0.220 e. The summed E-state index contributed by atoms with van der Waals surface area (Å²) in [7, 11) is 0. The van der Waals surface area contributed by atoms with Gasteiger partial charge in [0.1, 0.15) is 0 Å². The Hall–Kier alpha value is -0.710. The standard InChI is InChI=1S/C13H26N2O2S/c1-5-11(16)14-7-8-15-12(17)6-9-18-10-13(2,3)4/h5-10H2,1-4H3,(H,14,16)(H,15,17). The number of thioether (sulfide) groups is 1. The van der Waals surface area contributed by atoms with Crippen LogP contribution in [0.25, 0.3) is 0 Å². The molecule has 0 unspecified atom stereocenters. The van der Waals surface area contributed by atoms with E-state index in [-0.39, 0.29) is 11.8 Å². The average molecular weight is 274 g/mol. The molecule has 0 bridgehead atoms. The van der Waals surface area contributed by atoms with Gasteiger partial charge in [-0.2, -0.15) is 11.8 Å². The van der Waals surface area contributed by atoms with Gasteiger partial charge in [-0.25, -0.2) is 0 Å². The summed E-state index contributed by atoms with van der Waals surface area (Å²) in [6.45, 7) is 9.39. The number of carbonyl (C=O) groups excluding carboxylic acids is 2. The van der Waals surface area contributed by atoms with E-state index < -0.39 is 0 Å². The van der Waals surface area contributed by atoms with Crippen LogP contribution in [0, 0.1) is 5.41 Å². The largest absolute Gasteiger partial charge is 0.354 e. The maximum Gasteiger partial charge on any atom is 0.220 e. The summed E-state index contributed by atoms with van der Waals surface area (Å²) in [6, 6.07) is 0. The first-order valence-corrected chi connectivity index (χ1v) is 7.62. The van der Waals surface area contributed by atoms with Crippen LogP contribution < -0.4 is 10.6 Å². The highest BCUT2D eigenvalue weighted by atomic mass is 32.2. The quantitative estimate of drug-likeness (QED) is 0.664. The molecule has 0 spiro atoms. The SMILES string of the molecule is CCC(=O)NCCNC(=O)CCSCC(C)(C)C. The second kappa shape index (κ2) is 9.25. The van der Waals surface area contributed by atoms with Crippen molar-refractivity contribution in [3.05, 3.63) is 0 Å². The molecule has 0 aliphatic rings. The van der Waals surface area contributed by atoms with Gasteiger partial charge < -0.3 is 10.6 Å². The molecule has 0 heterocycles. The predicted octanol–water partition coefficient (Wildman–Crippen LogP) is 1.80. The zero-order valence-electron chi connectivity index (χ0n) is 12.0. The van der Waals surface area contributed by atoms with Gasteiger partial charge in [0, 0.05) is 31.7 Å². The lowest BCUT2D eigenvalue weighted by Crippen LogP contribution is -2.34. The third-order valence-electron chi connectivity index (χ3n) is 2.10. The van der Waals surface area contributed by atoms with Gasteiger partial charge in [-0.1, -0.05) is 27.7 Å². The van der Waals surface area contributed by atoms with E-state index in [1.807, 2.05) is 0 Å². The molecule has 2 amide bonds. The van der Waals surface area contributed by atoms with Gasteiger partial charge in [0.15, 0.2) is 0 Å². The molecular formula is C13H26N2O2S. The van der Waals surface area contributed by atoms with Gasteiger partial charge in [0.05, 0.1) is 0 Å². The third-order valence-corrected chi connectivity index (χ3v) is 3.66. The van der Waals surface area contributed by atoms with Crippen molar-refractivity contribution in [1.82, 2.24) is 10.6 Å². The van der Waals surface area contributed by atoms with Crippen molar-refractivity contribution in [2.45, 2.75) is 40.5 Å². The summed E-state index contributed by atoms with van der Waals surface area (Å²) in [5, 5.41) is 5.51. The topological polar surface area (TPSA) is 58.2 Å². The van der Waals surface area contributed by atoms with Crippen molar-refractivity contribution < 1.29 is 9.59 Å². The van der Waals surface area contributed by atoms with Crippen molar-refractivity contribution in [3.8, 4) is 0 Å². The number of rotatable bonds is 8. The second-order valence-electron chi connectivity index (χ2n) is 5.42. The molecule has 106 valence electrons. The lowest BCUT2D eigenvalue weighted by atomic mass is 10.0. The molecule has 18 heavy (non-hydrogen) atoms. The van der Waals surface area contributed by atoms with Crippen LogP contribution in [0.15, 0.2) is 0 Å². The molecule has 0 atom stereocenters. The summed E-state index contributed by atoms with van der Waals surface area (Å²) in [5.41, 5.74) is 0.311. The number of nitrogens with one attached hydrogen (secondary N) is 2. The van der Waals surface area contributed by atoms with E-state index in [1.165, 1.54) is 0 Å². The minimum absolute atomic E-state index is 0.0185.